The first-order valence-electron chi connectivity index (χ1n) is 7.36. The summed E-state index contributed by atoms with van der Waals surface area (Å²) in [6, 6.07) is 10.4. The summed E-state index contributed by atoms with van der Waals surface area (Å²) in [5, 5.41) is 3.53. The number of rotatable bonds is 5. The van der Waals surface area contributed by atoms with Gasteiger partial charge in [0.1, 0.15) is 0 Å². The smallest absolute Gasteiger partial charge is 0.0368 e. The van der Waals surface area contributed by atoms with E-state index in [4.69, 9.17) is 0 Å². The monoisotopic (exact) mass is 246 g/mol. The van der Waals surface area contributed by atoms with Crippen LogP contribution in [-0.2, 0) is 0 Å². The van der Waals surface area contributed by atoms with Gasteiger partial charge in [0.15, 0.2) is 0 Å². The molecule has 2 nitrogen and oxygen atoms in total. The van der Waals surface area contributed by atoms with Crippen molar-refractivity contribution in [2.45, 2.75) is 52.1 Å². The van der Waals surface area contributed by atoms with Gasteiger partial charge in [-0.2, -0.15) is 0 Å². The molecule has 0 aliphatic carbocycles. The molecule has 2 rings (SSSR count). The molecule has 0 bridgehead atoms. The molecule has 1 N–H and O–H groups in total. The average molecular weight is 246 g/mol. The molecule has 18 heavy (non-hydrogen) atoms. The number of nitrogens with zero attached hydrogens (tertiary/aromatic N) is 1. The van der Waals surface area contributed by atoms with E-state index in [1.807, 2.05) is 0 Å². The van der Waals surface area contributed by atoms with Crippen LogP contribution in [0.15, 0.2) is 24.3 Å². The van der Waals surface area contributed by atoms with Crippen molar-refractivity contribution in [3.63, 3.8) is 0 Å². The largest absolute Gasteiger partial charge is 0.369 e. The lowest BCUT2D eigenvalue weighted by Crippen LogP contribution is -2.26. The standard InChI is InChI=1S/C16H26N2/c1-4-16(17-5-2)14-8-10-15(11-9-14)18-12-6-7-13(18)3/h8-11,13,16-17H,4-7,12H2,1-3H3. The summed E-state index contributed by atoms with van der Waals surface area (Å²) in [6.07, 6.45) is 3.81. The maximum absolute atomic E-state index is 3.53. The topological polar surface area (TPSA) is 15.3 Å². The zero-order valence-corrected chi connectivity index (χ0v) is 11.9. The van der Waals surface area contributed by atoms with Gasteiger partial charge >= 0.3 is 0 Å². The van der Waals surface area contributed by atoms with Gasteiger partial charge in [-0.15, -0.1) is 0 Å². The molecule has 1 aliphatic heterocycles. The van der Waals surface area contributed by atoms with Crippen LogP contribution < -0.4 is 10.2 Å². The van der Waals surface area contributed by atoms with Crippen LogP contribution in [0.4, 0.5) is 5.69 Å². The Hall–Kier alpha value is -1.02. The SMILES string of the molecule is CCNC(CC)c1ccc(N2CCCC2C)cc1. The predicted molar refractivity (Wildman–Crippen MR) is 79.2 cm³/mol. The lowest BCUT2D eigenvalue weighted by Gasteiger charge is -2.24. The summed E-state index contributed by atoms with van der Waals surface area (Å²) >= 11 is 0. The summed E-state index contributed by atoms with van der Waals surface area (Å²) in [5.74, 6) is 0. The van der Waals surface area contributed by atoms with E-state index in [0.29, 0.717) is 12.1 Å². The van der Waals surface area contributed by atoms with Gasteiger partial charge in [0.25, 0.3) is 0 Å². The van der Waals surface area contributed by atoms with E-state index < -0.39 is 0 Å². The molecule has 0 spiro atoms. The Balaban J connectivity index is 2.09. The summed E-state index contributed by atoms with van der Waals surface area (Å²) in [7, 11) is 0. The summed E-state index contributed by atoms with van der Waals surface area (Å²) in [4.78, 5) is 2.53. The van der Waals surface area contributed by atoms with Crippen molar-refractivity contribution in [3.05, 3.63) is 29.8 Å². The lowest BCUT2D eigenvalue weighted by molar-refractivity contribution is 0.537. The quantitative estimate of drug-likeness (QED) is 0.851. The minimum absolute atomic E-state index is 0.500. The molecule has 0 aromatic heterocycles. The van der Waals surface area contributed by atoms with E-state index in [1.165, 1.54) is 30.6 Å². The first-order chi connectivity index (χ1) is 8.76. The zero-order valence-electron chi connectivity index (χ0n) is 11.9. The van der Waals surface area contributed by atoms with Crippen molar-refractivity contribution >= 4 is 5.69 Å². The molecule has 1 heterocycles. The van der Waals surface area contributed by atoms with Gasteiger partial charge in [0.2, 0.25) is 0 Å². The van der Waals surface area contributed by atoms with Crippen LogP contribution in [0.3, 0.4) is 0 Å². The van der Waals surface area contributed by atoms with Crippen LogP contribution in [0.5, 0.6) is 0 Å². The third-order valence-electron chi connectivity index (χ3n) is 4.04. The van der Waals surface area contributed by atoms with E-state index in [9.17, 15) is 0 Å². The Morgan fingerprint density at radius 1 is 1.28 bits per heavy atom. The summed E-state index contributed by atoms with van der Waals surface area (Å²) in [6.45, 7) is 8.98. The number of benzene rings is 1. The summed E-state index contributed by atoms with van der Waals surface area (Å²) < 4.78 is 0. The van der Waals surface area contributed by atoms with Gasteiger partial charge in [0, 0.05) is 24.3 Å². The second-order valence-corrected chi connectivity index (χ2v) is 5.29. The highest BCUT2D eigenvalue weighted by atomic mass is 15.2. The Bertz CT molecular complexity index is 358. The van der Waals surface area contributed by atoms with Gasteiger partial charge in [-0.1, -0.05) is 26.0 Å². The number of anilines is 1. The normalized spacial score (nSPS) is 21.3. The molecular weight excluding hydrogens is 220 g/mol. The van der Waals surface area contributed by atoms with E-state index >= 15 is 0 Å². The minimum atomic E-state index is 0.500. The highest BCUT2D eigenvalue weighted by Gasteiger charge is 2.20. The molecule has 2 unspecified atom stereocenters. The predicted octanol–water partition coefficient (Wildman–Crippen LogP) is 3.74. The third kappa shape index (κ3) is 2.86. The van der Waals surface area contributed by atoms with Crippen LogP contribution in [-0.4, -0.2) is 19.1 Å². The summed E-state index contributed by atoms with van der Waals surface area (Å²) in [5.41, 5.74) is 2.80. The molecule has 0 radical (unpaired) electrons. The first-order valence-corrected chi connectivity index (χ1v) is 7.36. The van der Waals surface area contributed by atoms with Crippen molar-refractivity contribution in [2.75, 3.05) is 18.0 Å². The van der Waals surface area contributed by atoms with Crippen LogP contribution >= 0.6 is 0 Å². The molecule has 0 amide bonds. The molecule has 1 aromatic carbocycles. The first kappa shape index (κ1) is 13.4. The van der Waals surface area contributed by atoms with Crippen LogP contribution in [0, 0.1) is 0 Å². The Labute approximate surface area is 111 Å². The van der Waals surface area contributed by atoms with Crippen LogP contribution in [0.2, 0.25) is 0 Å². The Kier molecular flexibility index (Phi) is 4.65. The number of hydrogen-bond acceptors (Lipinski definition) is 2. The van der Waals surface area contributed by atoms with E-state index in [2.05, 4.69) is 55.3 Å². The second kappa shape index (κ2) is 6.24. The molecule has 2 heteroatoms. The van der Waals surface area contributed by atoms with E-state index in [-0.39, 0.29) is 0 Å². The van der Waals surface area contributed by atoms with Crippen molar-refractivity contribution in [1.29, 1.82) is 0 Å². The molecular formula is C16H26N2. The zero-order chi connectivity index (χ0) is 13.0. The molecule has 1 aromatic rings. The van der Waals surface area contributed by atoms with E-state index in [0.717, 1.165) is 13.0 Å². The molecule has 2 atom stereocenters. The van der Waals surface area contributed by atoms with Crippen LogP contribution in [0.25, 0.3) is 0 Å². The van der Waals surface area contributed by atoms with Gasteiger partial charge in [-0.05, 0) is 50.4 Å². The fourth-order valence-corrected chi connectivity index (χ4v) is 2.96. The van der Waals surface area contributed by atoms with Gasteiger partial charge in [-0.25, -0.2) is 0 Å². The van der Waals surface area contributed by atoms with Gasteiger partial charge in [0.05, 0.1) is 0 Å². The molecule has 0 saturated carbocycles. The second-order valence-electron chi connectivity index (χ2n) is 5.29. The highest BCUT2D eigenvalue weighted by molar-refractivity contribution is 5.49. The van der Waals surface area contributed by atoms with Crippen molar-refractivity contribution in [3.8, 4) is 0 Å². The molecule has 1 fully saturated rings. The third-order valence-corrected chi connectivity index (χ3v) is 4.04. The molecule has 1 aliphatic rings. The van der Waals surface area contributed by atoms with Crippen LogP contribution in [0.1, 0.15) is 51.6 Å². The van der Waals surface area contributed by atoms with E-state index in [1.54, 1.807) is 0 Å². The number of nitrogens with one attached hydrogen (secondary N) is 1. The Morgan fingerprint density at radius 3 is 2.50 bits per heavy atom. The average Bonchev–Trinajstić information content (AvgIpc) is 2.82. The maximum atomic E-state index is 3.53. The van der Waals surface area contributed by atoms with Crippen molar-refractivity contribution in [2.24, 2.45) is 0 Å². The van der Waals surface area contributed by atoms with Gasteiger partial charge < -0.3 is 10.2 Å². The number of hydrogen-bond donors (Lipinski definition) is 1. The fraction of sp³-hybridized carbons (Fsp3) is 0.625. The van der Waals surface area contributed by atoms with Crippen molar-refractivity contribution in [1.82, 2.24) is 5.32 Å². The minimum Gasteiger partial charge on any atom is -0.369 e. The lowest BCUT2D eigenvalue weighted by atomic mass is 10.0. The van der Waals surface area contributed by atoms with Crippen molar-refractivity contribution < 1.29 is 0 Å². The Morgan fingerprint density at radius 2 is 2.00 bits per heavy atom. The molecule has 1 saturated heterocycles. The fourth-order valence-electron chi connectivity index (χ4n) is 2.96. The highest BCUT2D eigenvalue weighted by Crippen LogP contribution is 2.27. The molecule has 100 valence electrons. The van der Waals surface area contributed by atoms with Gasteiger partial charge in [-0.3, -0.25) is 0 Å². The maximum Gasteiger partial charge on any atom is 0.0368 e.